The first-order valence-electron chi connectivity index (χ1n) is 9.76. The zero-order chi connectivity index (χ0) is 21.6. The van der Waals surface area contributed by atoms with E-state index >= 15 is 0 Å². The molecule has 0 amide bonds. The molecule has 0 aromatic heterocycles. The van der Waals surface area contributed by atoms with Crippen molar-refractivity contribution in [2.45, 2.75) is 51.8 Å². The summed E-state index contributed by atoms with van der Waals surface area (Å²) < 4.78 is 61.3. The topological polar surface area (TPSA) is 15.7 Å². The molecule has 3 nitrogen and oxygen atoms in total. The largest absolute Gasteiger partial charge is 0.379 e. The number of morpholine rings is 1. The number of piperidine rings is 1. The van der Waals surface area contributed by atoms with E-state index in [-0.39, 0.29) is 12.8 Å². The van der Waals surface area contributed by atoms with E-state index in [0.29, 0.717) is 25.6 Å². The lowest BCUT2D eigenvalue weighted by molar-refractivity contribution is -0.0567. The lowest BCUT2D eigenvalue weighted by atomic mass is 9.95. The van der Waals surface area contributed by atoms with E-state index in [1.807, 2.05) is 6.07 Å². The van der Waals surface area contributed by atoms with Gasteiger partial charge >= 0.3 is 6.68 Å². The van der Waals surface area contributed by atoms with E-state index in [1.165, 1.54) is 0 Å². The van der Waals surface area contributed by atoms with Crippen LogP contribution in [0.2, 0.25) is 5.02 Å². The molecule has 2 heterocycles. The Labute approximate surface area is 173 Å². The molecule has 2 fully saturated rings. The van der Waals surface area contributed by atoms with Gasteiger partial charge in [-0.15, -0.1) is 0 Å². The third-order valence-corrected chi connectivity index (χ3v) is 5.45. The second-order valence-corrected chi connectivity index (χ2v) is 8.04. The molecule has 0 atom stereocenters. The number of alkyl halides is 5. The number of anilines is 1. The van der Waals surface area contributed by atoms with E-state index in [4.69, 9.17) is 16.3 Å². The van der Waals surface area contributed by atoms with Crippen LogP contribution < -0.4 is 4.90 Å². The molecule has 0 unspecified atom stereocenters. The van der Waals surface area contributed by atoms with Crippen molar-refractivity contribution in [3.63, 3.8) is 0 Å². The third kappa shape index (κ3) is 7.57. The number of nitrogens with zero attached hydrogens (tertiary/aromatic N) is 2. The van der Waals surface area contributed by atoms with Crippen molar-refractivity contribution >= 4 is 17.3 Å². The van der Waals surface area contributed by atoms with Gasteiger partial charge < -0.3 is 9.64 Å². The minimum Gasteiger partial charge on any atom is -0.378 e. The van der Waals surface area contributed by atoms with Gasteiger partial charge in [-0.3, -0.25) is 4.90 Å². The lowest BCUT2D eigenvalue weighted by Gasteiger charge is -2.34. The SMILES string of the molecule is CC(C)c1c(Cl)cc(N2CCOCC2)cc1CN1CCC(F)(F)CC1.FC(F)F. The fourth-order valence-corrected chi connectivity index (χ4v) is 4.17. The molecular formula is C20H28ClF5N2O. The van der Waals surface area contributed by atoms with Crippen LogP contribution in [0.3, 0.4) is 0 Å². The van der Waals surface area contributed by atoms with Crippen LogP contribution in [0.1, 0.15) is 43.7 Å². The van der Waals surface area contributed by atoms with E-state index < -0.39 is 12.6 Å². The summed E-state index contributed by atoms with van der Waals surface area (Å²) in [5, 5.41) is 0.774. The summed E-state index contributed by atoms with van der Waals surface area (Å²) in [6.45, 7) is 5.29. The molecule has 3 rings (SSSR count). The highest BCUT2D eigenvalue weighted by molar-refractivity contribution is 6.31. The van der Waals surface area contributed by atoms with Crippen molar-refractivity contribution in [1.82, 2.24) is 4.90 Å². The van der Waals surface area contributed by atoms with Gasteiger partial charge in [-0.2, -0.15) is 13.2 Å². The van der Waals surface area contributed by atoms with E-state index in [2.05, 4.69) is 29.7 Å². The average molecular weight is 443 g/mol. The van der Waals surface area contributed by atoms with Gasteiger partial charge in [0.2, 0.25) is 0 Å². The fraction of sp³-hybridized carbons (Fsp3) is 0.700. The minimum atomic E-state index is -3.67. The first-order valence-corrected chi connectivity index (χ1v) is 10.1. The van der Waals surface area contributed by atoms with Crippen LogP contribution in [0.15, 0.2) is 12.1 Å². The standard InChI is InChI=1S/C19H27ClF2N2O.CHF3/c1-14(2)18-15(13-23-5-3-19(21,22)4-6-23)11-16(12-17(18)20)24-7-9-25-10-8-24;2-1(3)4/h11-12,14H,3-10,13H2,1-2H3;1H. The molecule has 1 aromatic carbocycles. The van der Waals surface area contributed by atoms with Crippen LogP contribution in [0, 0.1) is 0 Å². The molecule has 0 radical (unpaired) electrons. The first kappa shape index (κ1) is 24.2. The van der Waals surface area contributed by atoms with E-state index in [1.54, 1.807) is 0 Å². The van der Waals surface area contributed by atoms with Crippen molar-refractivity contribution in [3.05, 3.63) is 28.3 Å². The molecule has 2 saturated heterocycles. The van der Waals surface area contributed by atoms with Crippen LogP contribution in [0.5, 0.6) is 0 Å². The molecule has 166 valence electrons. The number of likely N-dealkylation sites (tertiary alicyclic amines) is 1. The summed E-state index contributed by atoms with van der Waals surface area (Å²) in [7, 11) is 0. The molecule has 0 bridgehead atoms. The van der Waals surface area contributed by atoms with E-state index in [0.717, 1.165) is 48.1 Å². The van der Waals surface area contributed by atoms with Crippen molar-refractivity contribution in [2.75, 3.05) is 44.3 Å². The molecule has 0 saturated carbocycles. The number of benzene rings is 1. The Kier molecular flexibility index (Phi) is 8.97. The second kappa shape index (κ2) is 10.8. The number of ether oxygens (including phenoxy) is 1. The molecule has 9 heteroatoms. The molecule has 29 heavy (non-hydrogen) atoms. The smallest absolute Gasteiger partial charge is 0.378 e. The monoisotopic (exact) mass is 442 g/mol. The van der Waals surface area contributed by atoms with Crippen LogP contribution in [-0.4, -0.2) is 56.9 Å². The summed E-state index contributed by atoms with van der Waals surface area (Å²) in [5.74, 6) is -2.21. The Morgan fingerprint density at radius 1 is 1.03 bits per heavy atom. The molecule has 1 aromatic rings. The third-order valence-electron chi connectivity index (χ3n) is 5.14. The number of halogens is 6. The van der Waals surface area contributed by atoms with Crippen molar-refractivity contribution in [3.8, 4) is 0 Å². The van der Waals surface area contributed by atoms with Gasteiger partial charge in [-0.05, 0) is 29.2 Å². The van der Waals surface area contributed by atoms with E-state index in [9.17, 15) is 22.0 Å². The summed E-state index contributed by atoms with van der Waals surface area (Å²) >= 11 is 6.62. The maximum atomic E-state index is 13.4. The maximum absolute atomic E-state index is 13.4. The van der Waals surface area contributed by atoms with Crippen molar-refractivity contribution in [1.29, 1.82) is 0 Å². The predicted molar refractivity (Wildman–Crippen MR) is 105 cm³/mol. The van der Waals surface area contributed by atoms with Crippen LogP contribution >= 0.6 is 11.6 Å². The van der Waals surface area contributed by atoms with Crippen molar-refractivity contribution in [2.24, 2.45) is 0 Å². The van der Waals surface area contributed by atoms with Gasteiger partial charge in [0, 0.05) is 56.3 Å². The summed E-state index contributed by atoms with van der Waals surface area (Å²) in [6, 6.07) is 4.23. The molecule has 0 spiro atoms. The Hall–Kier alpha value is -1.12. The van der Waals surface area contributed by atoms with Crippen molar-refractivity contribution < 1.29 is 26.7 Å². The minimum absolute atomic E-state index is 0.0547. The van der Waals surface area contributed by atoms with Gasteiger partial charge in [-0.1, -0.05) is 25.4 Å². The van der Waals surface area contributed by atoms with Crippen LogP contribution in [0.4, 0.5) is 27.6 Å². The highest BCUT2D eigenvalue weighted by Crippen LogP contribution is 2.35. The molecule has 0 aliphatic carbocycles. The average Bonchev–Trinajstić information content (AvgIpc) is 2.63. The number of hydrogen-bond acceptors (Lipinski definition) is 3. The Bertz CT molecular complexity index is 641. The second-order valence-electron chi connectivity index (χ2n) is 7.63. The maximum Gasteiger partial charge on any atom is 0.379 e. The summed E-state index contributed by atoms with van der Waals surface area (Å²) in [5.41, 5.74) is 3.40. The lowest BCUT2D eigenvalue weighted by Crippen LogP contribution is -2.39. The zero-order valence-electron chi connectivity index (χ0n) is 16.7. The van der Waals surface area contributed by atoms with Gasteiger partial charge in [-0.25, -0.2) is 8.78 Å². The zero-order valence-corrected chi connectivity index (χ0v) is 17.5. The molecule has 2 aliphatic rings. The van der Waals surface area contributed by atoms with Crippen LogP contribution in [-0.2, 0) is 11.3 Å². The fourth-order valence-electron chi connectivity index (χ4n) is 3.72. The van der Waals surface area contributed by atoms with Gasteiger partial charge in [0.25, 0.3) is 5.92 Å². The van der Waals surface area contributed by atoms with Gasteiger partial charge in [0.15, 0.2) is 0 Å². The summed E-state index contributed by atoms with van der Waals surface area (Å²) in [6.07, 6.45) is -0.109. The highest BCUT2D eigenvalue weighted by Gasteiger charge is 2.34. The van der Waals surface area contributed by atoms with Gasteiger partial charge in [0.05, 0.1) is 13.2 Å². The predicted octanol–water partition coefficient (Wildman–Crippen LogP) is 5.71. The van der Waals surface area contributed by atoms with Gasteiger partial charge in [0.1, 0.15) is 0 Å². The quantitative estimate of drug-likeness (QED) is 0.555. The number of hydrogen-bond donors (Lipinski definition) is 0. The molecular weight excluding hydrogens is 415 g/mol. The Morgan fingerprint density at radius 2 is 1.59 bits per heavy atom. The normalized spacial score (nSPS) is 20.0. The highest BCUT2D eigenvalue weighted by atomic mass is 35.5. The first-order chi connectivity index (χ1) is 13.6. The molecule has 2 aliphatic heterocycles. The van der Waals surface area contributed by atoms with Crippen LogP contribution in [0.25, 0.3) is 0 Å². The molecule has 0 N–H and O–H groups in total. The summed E-state index contributed by atoms with van der Waals surface area (Å²) in [4.78, 5) is 4.41. The Morgan fingerprint density at radius 3 is 2.10 bits per heavy atom. The Balaban J connectivity index is 0.000000687. The number of rotatable bonds is 4.